The first kappa shape index (κ1) is 14.8. The molecule has 0 bridgehead atoms. The number of ether oxygens (including phenoxy) is 2. The maximum absolute atomic E-state index is 11.0. The minimum atomic E-state index is -0.286. The Balaban J connectivity index is 1.92. The minimum absolute atomic E-state index is 0.0571. The number of hydrogen-bond acceptors (Lipinski definition) is 5. The molecule has 1 atom stereocenters. The van der Waals surface area contributed by atoms with Gasteiger partial charge in [-0.05, 0) is 32.4 Å². The average molecular weight is 261 g/mol. The molecule has 4 nitrogen and oxygen atoms in total. The lowest BCUT2D eigenvalue weighted by Crippen LogP contribution is -2.34. The molecule has 17 heavy (non-hydrogen) atoms. The second-order valence-corrected chi connectivity index (χ2v) is 6.12. The summed E-state index contributed by atoms with van der Waals surface area (Å²) >= 11 is 2.04. The van der Waals surface area contributed by atoms with E-state index >= 15 is 0 Å². The predicted octanol–water partition coefficient (Wildman–Crippen LogP) is 1.44. The van der Waals surface area contributed by atoms with Crippen molar-refractivity contribution in [3.63, 3.8) is 0 Å². The van der Waals surface area contributed by atoms with E-state index in [4.69, 9.17) is 9.47 Å². The van der Waals surface area contributed by atoms with E-state index in [2.05, 4.69) is 12.2 Å². The monoisotopic (exact) mass is 261 g/mol. The summed E-state index contributed by atoms with van der Waals surface area (Å²) in [6.45, 7) is 6.92. The third-order valence-corrected chi connectivity index (χ3v) is 4.29. The van der Waals surface area contributed by atoms with Crippen molar-refractivity contribution in [3.05, 3.63) is 0 Å². The van der Waals surface area contributed by atoms with Gasteiger partial charge in [-0.15, -0.1) is 0 Å². The number of hydrogen-bond donors (Lipinski definition) is 1. The summed E-state index contributed by atoms with van der Waals surface area (Å²) in [5, 5.41) is 3.38. The highest BCUT2D eigenvalue weighted by atomic mass is 32.2. The maximum atomic E-state index is 11.0. The Bertz CT molecular complexity index is 230. The minimum Gasteiger partial charge on any atom is -0.464 e. The van der Waals surface area contributed by atoms with Crippen LogP contribution in [0.15, 0.2) is 0 Å². The molecule has 0 radical (unpaired) electrons. The zero-order chi connectivity index (χ0) is 12.6. The van der Waals surface area contributed by atoms with Gasteiger partial charge in [0.1, 0.15) is 6.61 Å². The highest BCUT2D eigenvalue weighted by Gasteiger charge is 2.28. The van der Waals surface area contributed by atoms with Crippen LogP contribution in [-0.4, -0.2) is 49.4 Å². The highest BCUT2D eigenvalue weighted by Crippen LogP contribution is 2.36. The van der Waals surface area contributed by atoms with Crippen LogP contribution >= 0.6 is 11.8 Å². The van der Waals surface area contributed by atoms with Gasteiger partial charge in [0.15, 0.2) is 0 Å². The van der Waals surface area contributed by atoms with Crippen molar-refractivity contribution in [1.82, 2.24) is 5.32 Å². The first-order valence-electron chi connectivity index (χ1n) is 6.24. The van der Waals surface area contributed by atoms with Crippen LogP contribution in [0.2, 0.25) is 0 Å². The molecule has 1 N–H and O–H groups in total. The molecule has 1 aliphatic heterocycles. The van der Waals surface area contributed by atoms with E-state index in [1.54, 1.807) is 6.92 Å². The molecule has 0 aromatic heterocycles. The Hall–Kier alpha value is -0.260. The largest absolute Gasteiger partial charge is 0.464 e. The summed E-state index contributed by atoms with van der Waals surface area (Å²) in [6, 6.07) is 0. The molecular weight excluding hydrogens is 238 g/mol. The van der Waals surface area contributed by atoms with Crippen molar-refractivity contribution in [2.75, 3.05) is 38.7 Å². The van der Waals surface area contributed by atoms with Gasteiger partial charge in [-0.1, -0.05) is 0 Å². The quantitative estimate of drug-likeness (QED) is 0.529. The summed E-state index contributed by atoms with van der Waals surface area (Å²) in [4.78, 5) is 11.0. The maximum Gasteiger partial charge on any atom is 0.332 e. The normalized spacial score (nSPS) is 23.9. The summed E-state index contributed by atoms with van der Waals surface area (Å²) in [6.07, 6.45) is 2.61. The molecule has 1 saturated heterocycles. The molecule has 0 aliphatic carbocycles. The fourth-order valence-corrected chi connectivity index (χ4v) is 3.11. The molecule has 0 amide bonds. The summed E-state index contributed by atoms with van der Waals surface area (Å²) < 4.78 is 10.3. The molecule has 1 aliphatic rings. The van der Waals surface area contributed by atoms with Crippen LogP contribution in [0.5, 0.6) is 0 Å². The van der Waals surface area contributed by atoms with E-state index in [1.807, 2.05) is 11.8 Å². The summed E-state index contributed by atoms with van der Waals surface area (Å²) in [5.74, 6) is 0.989. The van der Waals surface area contributed by atoms with Gasteiger partial charge in [0.05, 0.1) is 13.2 Å². The Morgan fingerprint density at radius 1 is 1.53 bits per heavy atom. The standard InChI is InChI=1S/C12H23NO3S/c1-3-16-11(14)9-15-7-6-13-10-12(2)5-4-8-17-12/h13H,3-10H2,1-2H3. The van der Waals surface area contributed by atoms with E-state index < -0.39 is 0 Å². The van der Waals surface area contributed by atoms with Crippen LogP contribution in [0.1, 0.15) is 26.7 Å². The number of rotatable bonds is 8. The molecule has 1 fully saturated rings. The SMILES string of the molecule is CCOC(=O)COCCNCC1(C)CCCS1. The van der Waals surface area contributed by atoms with Gasteiger partial charge < -0.3 is 14.8 Å². The average Bonchev–Trinajstić information content (AvgIpc) is 2.71. The molecule has 1 unspecified atom stereocenters. The zero-order valence-corrected chi connectivity index (χ0v) is 11.6. The molecule has 0 aromatic rings. The Kier molecular flexibility index (Phi) is 6.92. The molecule has 5 heteroatoms. The fraction of sp³-hybridized carbons (Fsp3) is 0.917. The molecule has 0 saturated carbocycles. The molecule has 1 rings (SSSR count). The van der Waals surface area contributed by atoms with Crippen LogP contribution in [0.4, 0.5) is 0 Å². The highest BCUT2D eigenvalue weighted by molar-refractivity contribution is 8.00. The summed E-state index contributed by atoms with van der Waals surface area (Å²) in [7, 11) is 0. The number of carbonyl (C=O) groups excluding carboxylic acids is 1. The van der Waals surface area contributed by atoms with Crippen LogP contribution in [0.25, 0.3) is 0 Å². The first-order valence-corrected chi connectivity index (χ1v) is 7.23. The Morgan fingerprint density at radius 3 is 3.00 bits per heavy atom. The second kappa shape index (κ2) is 7.95. The predicted molar refractivity (Wildman–Crippen MR) is 70.4 cm³/mol. The molecule has 0 aromatic carbocycles. The molecular formula is C12H23NO3S. The number of nitrogens with one attached hydrogen (secondary N) is 1. The number of esters is 1. The van der Waals surface area contributed by atoms with Gasteiger partial charge in [-0.25, -0.2) is 4.79 Å². The third-order valence-electron chi connectivity index (χ3n) is 2.75. The van der Waals surface area contributed by atoms with Crippen molar-refractivity contribution in [2.24, 2.45) is 0 Å². The van der Waals surface area contributed by atoms with Gasteiger partial charge in [0.2, 0.25) is 0 Å². The van der Waals surface area contributed by atoms with Crippen LogP contribution in [-0.2, 0) is 14.3 Å². The van der Waals surface area contributed by atoms with Crippen molar-refractivity contribution in [2.45, 2.75) is 31.4 Å². The molecule has 100 valence electrons. The number of carbonyl (C=O) groups is 1. The zero-order valence-electron chi connectivity index (χ0n) is 10.8. The Morgan fingerprint density at radius 2 is 2.35 bits per heavy atom. The van der Waals surface area contributed by atoms with Crippen LogP contribution in [0, 0.1) is 0 Å². The van der Waals surface area contributed by atoms with Gasteiger partial charge in [-0.3, -0.25) is 0 Å². The van der Waals surface area contributed by atoms with E-state index in [0.717, 1.165) is 13.1 Å². The van der Waals surface area contributed by atoms with E-state index in [-0.39, 0.29) is 12.6 Å². The van der Waals surface area contributed by atoms with Crippen molar-refractivity contribution < 1.29 is 14.3 Å². The lowest BCUT2D eigenvalue weighted by molar-refractivity contribution is -0.148. The Labute approximate surface area is 108 Å². The van der Waals surface area contributed by atoms with Crippen LogP contribution < -0.4 is 5.32 Å². The van der Waals surface area contributed by atoms with Gasteiger partial charge in [-0.2, -0.15) is 11.8 Å². The lowest BCUT2D eigenvalue weighted by Gasteiger charge is -2.22. The summed E-state index contributed by atoms with van der Waals surface area (Å²) in [5.41, 5.74) is 0. The van der Waals surface area contributed by atoms with Gasteiger partial charge in [0.25, 0.3) is 0 Å². The topological polar surface area (TPSA) is 47.6 Å². The lowest BCUT2D eigenvalue weighted by atomic mass is 10.1. The van der Waals surface area contributed by atoms with Crippen LogP contribution in [0.3, 0.4) is 0 Å². The van der Waals surface area contributed by atoms with E-state index in [9.17, 15) is 4.79 Å². The molecule has 1 heterocycles. The fourth-order valence-electron chi connectivity index (χ4n) is 1.83. The first-order chi connectivity index (χ1) is 8.16. The molecule has 0 spiro atoms. The van der Waals surface area contributed by atoms with Crippen molar-refractivity contribution in [1.29, 1.82) is 0 Å². The smallest absolute Gasteiger partial charge is 0.332 e. The van der Waals surface area contributed by atoms with E-state index in [0.29, 0.717) is 18.0 Å². The number of thioether (sulfide) groups is 1. The third kappa shape index (κ3) is 6.29. The second-order valence-electron chi connectivity index (χ2n) is 4.44. The van der Waals surface area contributed by atoms with E-state index in [1.165, 1.54) is 18.6 Å². The van der Waals surface area contributed by atoms with Gasteiger partial charge in [0, 0.05) is 17.8 Å². The van der Waals surface area contributed by atoms with Crippen molar-refractivity contribution >= 4 is 17.7 Å². The van der Waals surface area contributed by atoms with Crippen molar-refractivity contribution in [3.8, 4) is 0 Å². The van der Waals surface area contributed by atoms with Gasteiger partial charge >= 0.3 is 5.97 Å².